The van der Waals surface area contributed by atoms with Crippen molar-refractivity contribution in [3.05, 3.63) is 39.2 Å². The van der Waals surface area contributed by atoms with Crippen molar-refractivity contribution in [2.75, 3.05) is 12.8 Å². The van der Waals surface area contributed by atoms with Crippen LogP contribution in [0.1, 0.15) is 26.3 Å². The minimum Gasteiger partial charge on any atom is -0.507 e. The summed E-state index contributed by atoms with van der Waals surface area (Å²) in [5, 5.41) is 28.8. The van der Waals surface area contributed by atoms with E-state index in [0.717, 1.165) is 0 Å². The highest BCUT2D eigenvalue weighted by atomic mass is 16.5. The van der Waals surface area contributed by atoms with Gasteiger partial charge < -0.3 is 30.8 Å². The molecular formula is C15H14N2O7. The molecule has 2 aromatic rings. The van der Waals surface area contributed by atoms with Crippen LogP contribution in [-0.4, -0.2) is 39.4 Å². The number of methoxy groups -OCH3 is 1. The summed E-state index contributed by atoms with van der Waals surface area (Å²) in [7, 11) is 1.35. The van der Waals surface area contributed by atoms with Gasteiger partial charge in [-0.25, -0.2) is 9.59 Å². The molecule has 126 valence electrons. The summed E-state index contributed by atoms with van der Waals surface area (Å²) in [4.78, 5) is 36.9. The van der Waals surface area contributed by atoms with Crippen LogP contribution >= 0.6 is 0 Å². The topological polar surface area (TPSA) is 163 Å². The van der Waals surface area contributed by atoms with E-state index in [-0.39, 0.29) is 11.3 Å². The molecule has 1 heterocycles. The Labute approximate surface area is 134 Å². The number of aryl methyl sites for hydroxylation is 1. The Kier molecular flexibility index (Phi) is 4.19. The highest BCUT2D eigenvalue weighted by Gasteiger charge is 2.28. The highest BCUT2D eigenvalue weighted by Crippen LogP contribution is 2.39. The Morgan fingerprint density at radius 1 is 1.17 bits per heavy atom. The van der Waals surface area contributed by atoms with Gasteiger partial charge in [0.05, 0.1) is 7.11 Å². The fraction of sp³-hybridized carbons (Fsp3) is 0.133. The largest absolute Gasteiger partial charge is 0.507 e. The van der Waals surface area contributed by atoms with Crippen LogP contribution in [0.3, 0.4) is 0 Å². The van der Waals surface area contributed by atoms with Gasteiger partial charge in [-0.2, -0.15) is 0 Å². The van der Waals surface area contributed by atoms with Crippen LogP contribution < -0.4 is 16.0 Å². The van der Waals surface area contributed by atoms with E-state index < -0.39 is 45.8 Å². The number of nitrogens with two attached hydrogens (primary N) is 1. The number of H-pyrrole nitrogens is 1. The van der Waals surface area contributed by atoms with Crippen molar-refractivity contribution < 1.29 is 29.6 Å². The molecule has 2 rings (SSSR count). The molecule has 1 aromatic heterocycles. The summed E-state index contributed by atoms with van der Waals surface area (Å²) in [5.74, 6) is -3.88. The van der Waals surface area contributed by atoms with Crippen LogP contribution in [0.5, 0.6) is 11.5 Å². The van der Waals surface area contributed by atoms with Gasteiger partial charge in [0.2, 0.25) is 0 Å². The number of phenols is 1. The standard InChI is InChI=1S/C15H14N2O7/c1-5-3-7(18)6(4-8(5)24-2)9-10(14(20)21)12(16)17-13(19)11(9)15(22)23/h3-4,18H,1-2H3,(H,20,21)(H,22,23)(H3,16,17,19). The number of pyridine rings is 1. The second-order valence-corrected chi connectivity index (χ2v) is 4.94. The van der Waals surface area contributed by atoms with E-state index in [0.29, 0.717) is 5.56 Å². The first kappa shape index (κ1) is 16.9. The molecule has 1 aromatic carbocycles. The van der Waals surface area contributed by atoms with E-state index in [9.17, 15) is 29.7 Å². The molecule has 0 saturated carbocycles. The average Bonchev–Trinajstić information content (AvgIpc) is 2.45. The first-order valence-corrected chi connectivity index (χ1v) is 6.59. The predicted molar refractivity (Wildman–Crippen MR) is 83.8 cm³/mol. The molecule has 0 fully saturated rings. The monoisotopic (exact) mass is 334 g/mol. The maximum atomic E-state index is 12.0. The van der Waals surface area contributed by atoms with E-state index in [2.05, 4.69) is 0 Å². The van der Waals surface area contributed by atoms with E-state index >= 15 is 0 Å². The molecule has 24 heavy (non-hydrogen) atoms. The number of carboxylic acids is 2. The quantitative estimate of drug-likeness (QED) is 0.553. The van der Waals surface area contributed by atoms with Crippen molar-refractivity contribution >= 4 is 17.8 Å². The number of aromatic hydroxyl groups is 1. The molecule has 0 aliphatic carbocycles. The molecule has 0 radical (unpaired) electrons. The van der Waals surface area contributed by atoms with Crippen LogP contribution in [0.4, 0.5) is 5.82 Å². The predicted octanol–water partition coefficient (Wildman–Crippen LogP) is 1.04. The van der Waals surface area contributed by atoms with E-state index in [1.165, 1.54) is 19.2 Å². The number of aromatic amines is 1. The molecule has 0 spiro atoms. The summed E-state index contributed by atoms with van der Waals surface area (Å²) >= 11 is 0. The third kappa shape index (κ3) is 2.62. The molecule has 6 N–H and O–H groups in total. The Hall–Kier alpha value is -3.49. The number of anilines is 1. The minimum atomic E-state index is -1.66. The molecule has 0 aliphatic rings. The van der Waals surface area contributed by atoms with Gasteiger partial charge in [-0.15, -0.1) is 0 Å². The third-order valence-corrected chi connectivity index (χ3v) is 3.45. The smallest absolute Gasteiger partial charge is 0.342 e. The molecule has 0 unspecified atom stereocenters. The first-order chi connectivity index (χ1) is 11.2. The molecule has 9 nitrogen and oxygen atoms in total. The van der Waals surface area contributed by atoms with Crippen molar-refractivity contribution in [2.45, 2.75) is 6.92 Å². The summed E-state index contributed by atoms with van der Waals surface area (Å²) in [6.45, 7) is 1.63. The van der Waals surface area contributed by atoms with Crippen molar-refractivity contribution in [2.24, 2.45) is 0 Å². The van der Waals surface area contributed by atoms with E-state index in [1.54, 1.807) is 6.92 Å². The van der Waals surface area contributed by atoms with Crippen LogP contribution in [0.2, 0.25) is 0 Å². The maximum Gasteiger partial charge on any atom is 0.342 e. The number of phenolic OH excluding ortho intramolecular Hbond substituents is 1. The number of ether oxygens (including phenoxy) is 1. The Bertz CT molecular complexity index is 915. The first-order valence-electron chi connectivity index (χ1n) is 6.59. The van der Waals surface area contributed by atoms with E-state index in [4.69, 9.17) is 10.5 Å². The number of rotatable bonds is 4. The lowest BCUT2D eigenvalue weighted by Gasteiger charge is -2.15. The van der Waals surface area contributed by atoms with Crippen molar-refractivity contribution in [3.63, 3.8) is 0 Å². The number of aromatic carboxylic acids is 2. The third-order valence-electron chi connectivity index (χ3n) is 3.45. The molecule has 0 saturated heterocycles. The van der Waals surface area contributed by atoms with Crippen molar-refractivity contribution in [1.29, 1.82) is 0 Å². The number of carbonyl (C=O) groups is 2. The lowest BCUT2D eigenvalue weighted by Crippen LogP contribution is -2.24. The summed E-state index contributed by atoms with van der Waals surface area (Å²) < 4.78 is 5.10. The summed E-state index contributed by atoms with van der Waals surface area (Å²) in [5.41, 5.74) is 2.83. The zero-order valence-electron chi connectivity index (χ0n) is 12.7. The molecule has 9 heteroatoms. The molecular weight excluding hydrogens is 320 g/mol. The van der Waals surface area contributed by atoms with Crippen molar-refractivity contribution in [3.8, 4) is 22.6 Å². The van der Waals surface area contributed by atoms with Gasteiger partial charge >= 0.3 is 11.9 Å². The normalized spacial score (nSPS) is 10.4. The maximum absolute atomic E-state index is 12.0. The zero-order chi connectivity index (χ0) is 18.2. The van der Waals surface area contributed by atoms with Gasteiger partial charge in [-0.05, 0) is 24.6 Å². The van der Waals surface area contributed by atoms with Gasteiger partial charge in [0.1, 0.15) is 28.4 Å². The number of hydrogen-bond donors (Lipinski definition) is 5. The second kappa shape index (κ2) is 5.95. The number of hydrogen-bond acceptors (Lipinski definition) is 6. The fourth-order valence-corrected chi connectivity index (χ4v) is 2.41. The summed E-state index contributed by atoms with van der Waals surface area (Å²) in [6, 6.07) is 2.51. The second-order valence-electron chi connectivity index (χ2n) is 4.94. The van der Waals surface area contributed by atoms with Gasteiger partial charge in [-0.1, -0.05) is 0 Å². The highest BCUT2D eigenvalue weighted by molar-refractivity contribution is 6.08. The Morgan fingerprint density at radius 2 is 1.75 bits per heavy atom. The van der Waals surface area contributed by atoms with Crippen LogP contribution in [-0.2, 0) is 0 Å². The summed E-state index contributed by atoms with van der Waals surface area (Å²) in [6.07, 6.45) is 0. The molecule has 0 aliphatic heterocycles. The number of benzene rings is 1. The fourth-order valence-electron chi connectivity index (χ4n) is 2.41. The number of nitrogens with one attached hydrogen (secondary N) is 1. The average molecular weight is 334 g/mol. The Morgan fingerprint density at radius 3 is 2.25 bits per heavy atom. The lowest BCUT2D eigenvalue weighted by atomic mass is 9.93. The number of aromatic nitrogens is 1. The van der Waals surface area contributed by atoms with E-state index in [1.807, 2.05) is 4.98 Å². The minimum absolute atomic E-state index is 0.190. The lowest BCUT2D eigenvalue weighted by molar-refractivity contribution is 0.0695. The molecule has 0 atom stereocenters. The SMILES string of the molecule is COc1cc(-c2c(C(=O)O)c(N)[nH]c(=O)c2C(=O)O)c(O)cc1C. The zero-order valence-corrected chi connectivity index (χ0v) is 12.7. The number of nitrogen functional groups attached to an aromatic ring is 1. The van der Waals surface area contributed by atoms with Crippen LogP contribution in [0.15, 0.2) is 16.9 Å². The van der Waals surface area contributed by atoms with Gasteiger partial charge in [-0.3, -0.25) is 4.79 Å². The number of carboxylic acid groups (broad SMARTS) is 2. The molecule has 0 bridgehead atoms. The van der Waals surface area contributed by atoms with Crippen LogP contribution in [0.25, 0.3) is 11.1 Å². The van der Waals surface area contributed by atoms with Gasteiger partial charge in [0.25, 0.3) is 5.56 Å². The van der Waals surface area contributed by atoms with Crippen molar-refractivity contribution in [1.82, 2.24) is 4.98 Å². The van der Waals surface area contributed by atoms with Gasteiger partial charge in [0, 0.05) is 11.1 Å². The van der Waals surface area contributed by atoms with Gasteiger partial charge in [0.15, 0.2) is 0 Å². The van der Waals surface area contributed by atoms with Crippen LogP contribution in [0, 0.1) is 6.92 Å². The molecule has 0 amide bonds. The Balaban J connectivity index is 3.05.